The van der Waals surface area contributed by atoms with Gasteiger partial charge in [-0.25, -0.2) is 14.7 Å². The normalized spacial score (nSPS) is 18.1. The number of benzene rings is 1. The molecule has 1 aromatic carbocycles. The number of sulfonamides is 1. The number of pyridine rings is 2. The lowest BCUT2D eigenvalue weighted by Gasteiger charge is -2.36. The van der Waals surface area contributed by atoms with Crippen molar-refractivity contribution in [1.82, 2.24) is 14.7 Å². The first-order valence-corrected chi connectivity index (χ1v) is 12.0. The fourth-order valence-electron chi connectivity index (χ4n) is 4.06. The number of rotatable bonds is 4. The number of nitrogens with zero attached hydrogens (tertiary/aromatic N) is 3. The molecular formula is C23H27N5O3S. The lowest BCUT2D eigenvalue weighted by atomic mass is 9.90. The number of anilines is 2. The molecule has 1 amide bonds. The summed E-state index contributed by atoms with van der Waals surface area (Å²) < 4.78 is 27.8. The van der Waals surface area contributed by atoms with Crippen molar-refractivity contribution in [2.75, 3.05) is 17.2 Å². The van der Waals surface area contributed by atoms with Crippen LogP contribution in [-0.2, 0) is 10.0 Å². The van der Waals surface area contributed by atoms with Gasteiger partial charge in [0.25, 0.3) is 15.9 Å². The topological polar surface area (TPSA) is 118 Å². The van der Waals surface area contributed by atoms with Crippen molar-refractivity contribution >= 4 is 38.5 Å². The summed E-state index contributed by atoms with van der Waals surface area (Å²) in [5.74, 6) is 0.158. The minimum Gasteiger partial charge on any atom is -0.384 e. The highest BCUT2D eigenvalue weighted by atomic mass is 32.2. The molecule has 1 atom stereocenters. The Morgan fingerprint density at radius 3 is 2.59 bits per heavy atom. The molecule has 1 aliphatic heterocycles. The first-order chi connectivity index (χ1) is 15.0. The molecule has 3 N–H and O–H groups in total. The Morgan fingerprint density at radius 2 is 1.94 bits per heavy atom. The Bertz CT molecular complexity index is 1320. The molecule has 3 aromatic rings. The van der Waals surface area contributed by atoms with Crippen LogP contribution >= 0.6 is 0 Å². The van der Waals surface area contributed by atoms with Gasteiger partial charge in [0.15, 0.2) is 5.03 Å². The molecule has 168 valence electrons. The van der Waals surface area contributed by atoms with Gasteiger partial charge in [0.2, 0.25) is 0 Å². The van der Waals surface area contributed by atoms with Crippen LogP contribution in [0.4, 0.5) is 11.6 Å². The molecule has 1 saturated heterocycles. The van der Waals surface area contributed by atoms with Gasteiger partial charge in [-0.1, -0.05) is 25.1 Å². The van der Waals surface area contributed by atoms with Crippen molar-refractivity contribution in [3.63, 3.8) is 0 Å². The third-order valence-electron chi connectivity index (χ3n) is 6.39. The summed E-state index contributed by atoms with van der Waals surface area (Å²) in [4.78, 5) is 24.0. The average molecular weight is 454 g/mol. The number of carbonyl (C=O) groups is 1. The Hall–Kier alpha value is -3.20. The van der Waals surface area contributed by atoms with Crippen molar-refractivity contribution in [3.8, 4) is 0 Å². The number of amides is 1. The molecule has 0 bridgehead atoms. The number of aromatic nitrogens is 2. The van der Waals surface area contributed by atoms with Gasteiger partial charge in [-0.15, -0.1) is 0 Å². The maximum absolute atomic E-state index is 13.3. The molecule has 4 rings (SSSR count). The number of fused-ring (bicyclic) bond motifs is 1. The van der Waals surface area contributed by atoms with Crippen molar-refractivity contribution < 1.29 is 13.2 Å². The zero-order chi connectivity index (χ0) is 23.3. The minimum absolute atomic E-state index is 0.0524. The quantitative estimate of drug-likeness (QED) is 0.622. The van der Waals surface area contributed by atoms with Crippen LogP contribution in [0.2, 0.25) is 0 Å². The van der Waals surface area contributed by atoms with Gasteiger partial charge in [-0.05, 0) is 62.9 Å². The van der Waals surface area contributed by atoms with E-state index in [4.69, 9.17) is 10.7 Å². The molecule has 1 fully saturated rings. The molecular weight excluding hydrogens is 426 g/mol. The maximum Gasteiger partial charge on any atom is 0.281 e. The maximum atomic E-state index is 13.3. The lowest BCUT2D eigenvalue weighted by Crippen LogP contribution is -2.43. The van der Waals surface area contributed by atoms with Crippen LogP contribution in [0.5, 0.6) is 0 Å². The second-order valence-electron chi connectivity index (χ2n) is 8.89. The lowest BCUT2D eigenvalue weighted by molar-refractivity contribution is 0.0981. The molecule has 0 radical (unpaired) electrons. The Kier molecular flexibility index (Phi) is 5.32. The van der Waals surface area contributed by atoms with Gasteiger partial charge in [0, 0.05) is 17.5 Å². The van der Waals surface area contributed by atoms with Gasteiger partial charge in [0.05, 0.1) is 11.1 Å². The van der Waals surface area contributed by atoms with E-state index in [9.17, 15) is 13.2 Å². The summed E-state index contributed by atoms with van der Waals surface area (Å²) in [5, 5.41) is 0.445. The van der Waals surface area contributed by atoms with Crippen molar-refractivity contribution in [2.45, 2.75) is 44.7 Å². The molecule has 8 nitrogen and oxygen atoms in total. The second kappa shape index (κ2) is 7.74. The van der Waals surface area contributed by atoms with E-state index in [1.165, 1.54) is 18.2 Å². The second-order valence-corrected chi connectivity index (χ2v) is 10.5. The average Bonchev–Trinajstić information content (AvgIpc) is 2.99. The minimum atomic E-state index is -4.21. The molecule has 2 aromatic heterocycles. The molecule has 0 saturated carbocycles. The Morgan fingerprint density at radius 1 is 1.19 bits per heavy atom. The van der Waals surface area contributed by atoms with Gasteiger partial charge in [-0.3, -0.25) is 4.79 Å². The zero-order valence-corrected chi connectivity index (χ0v) is 19.4. The van der Waals surface area contributed by atoms with E-state index in [2.05, 4.69) is 35.4 Å². The van der Waals surface area contributed by atoms with Crippen LogP contribution in [0, 0.1) is 12.8 Å². The van der Waals surface area contributed by atoms with Crippen molar-refractivity contribution in [3.05, 3.63) is 53.6 Å². The highest BCUT2D eigenvalue weighted by Crippen LogP contribution is 2.39. The summed E-state index contributed by atoms with van der Waals surface area (Å²) in [6.07, 6.45) is 0.951. The van der Waals surface area contributed by atoms with E-state index in [0.29, 0.717) is 11.7 Å². The number of hydrogen-bond acceptors (Lipinski definition) is 7. The number of carbonyl (C=O) groups excluding carboxylic acids is 1. The van der Waals surface area contributed by atoms with E-state index < -0.39 is 15.9 Å². The van der Waals surface area contributed by atoms with E-state index in [0.717, 1.165) is 29.4 Å². The fourth-order valence-corrected chi connectivity index (χ4v) is 5.00. The van der Waals surface area contributed by atoms with Crippen LogP contribution < -0.4 is 15.4 Å². The molecule has 1 aliphatic rings. The predicted octanol–water partition coefficient (Wildman–Crippen LogP) is 3.26. The largest absolute Gasteiger partial charge is 0.384 e. The molecule has 9 heteroatoms. The van der Waals surface area contributed by atoms with Crippen LogP contribution in [-0.4, -0.2) is 36.4 Å². The molecule has 0 spiro atoms. The summed E-state index contributed by atoms with van der Waals surface area (Å²) in [5.41, 5.74) is 7.39. The van der Waals surface area contributed by atoms with Crippen LogP contribution in [0.3, 0.4) is 0 Å². The third kappa shape index (κ3) is 3.88. The SMILES string of the molecule is Cc1ccc2cc(C(=O)NS(=O)(=O)c3cccc(N)n3)c(N3CCC(C)C3(C)C)nc2c1. The van der Waals surface area contributed by atoms with E-state index >= 15 is 0 Å². The van der Waals surface area contributed by atoms with Gasteiger partial charge in [-0.2, -0.15) is 8.42 Å². The molecule has 0 aliphatic carbocycles. The van der Waals surface area contributed by atoms with Gasteiger partial charge < -0.3 is 10.6 Å². The number of hydrogen-bond donors (Lipinski definition) is 2. The highest BCUT2D eigenvalue weighted by Gasteiger charge is 2.41. The third-order valence-corrected chi connectivity index (χ3v) is 7.62. The first-order valence-electron chi connectivity index (χ1n) is 10.5. The Balaban J connectivity index is 1.82. The summed E-state index contributed by atoms with van der Waals surface area (Å²) in [7, 11) is -4.21. The number of nitrogens with one attached hydrogen (secondary N) is 1. The van der Waals surface area contributed by atoms with E-state index in [-0.39, 0.29) is 21.9 Å². The van der Waals surface area contributed by atoms with E-state index in [1.807, 2.05) is 25.1 Å². The predicted molar refractivity (Wildman–Crippen MR) is 125 cm³/mol. The molecule has 32 heavy (non-hydrogen) atoms. The summed E-state index contributed by atoms with van der Waals surface area (Å²) in [6.45, 7) is 9.10. The summed E-state index contributed by atoms with van der Waals surface area (Å²) >= 11 is 0. The van der Waals surface area contributed by atoms with E-state index in [1.54, 1.807) is 6.07 Å². The first kappa shape index (κ1) is 22.0. The van der Waals surface area contributed by atoms with Crippen LogP contribution in [0.1, 0.15) is 43.1 Å². The van der Waals surface area contributed by atoms with Gasteiger partial charge in [0.1, 0.15) is 11.6 Å². The number of nitrogen functional groups attached to an aromatic ring is 1. The standard InChI is InChI=1S/C23H27N5O3S/c1-14-8-9-16-13-17(22(29)27-32(30,31)20-7-5-6-19(24)26-20)21(25-18(16)12-14)28-11-10-15(2)23(28,3)4/h5-9,12-13,15H,10-11H2,1-4H3,(H2,24,26)(H,27,29). The Labute approximate surface area is 187 Å². The number of aryl methyl sites for hydroxylation is 1. The van der Waals surface area contributed by atoms with Gasteiger partial charge >= 0.3 is 0 Å². The number of nitrogens with two attached hydrogens (primary N) is 1. The summed E-state index contributed by atoms with van der Waals surface area (Å²) in [6, 6.07) is 11.7. The van der Waals surface area contributed by atoms with Crippen molar-refractivity contribution in [1.29, 1.82) is 0 Å². The zero-order valence-electron chi connectivity index (χ0n) is 18.6. The molecule has 3 heterocycles. The van der Waals surface area contributed by atoms with Crippen LogP contribution in [0.25, 0.3) is 10.9 Å². The smallest absolute Gasteiger partial charge is 0.281 e. The highest BCUT2D eigenvalue weighted by molar-refractivity contribution is 7.90. The fraction of sp³-hybridized carbons (Fsp3) is 0.348. The van der Waals surface area contributed by atoms with Crippen molar-refractivity contribution in [2.24, 2.45) is 5.92 Å². The monoisotopic (exact) mass is 453 g/mol. The van der Waals surface area contributed by atoms with Crippen LogP contribution in [0.15, 0.2) is 47.5 Å². The molecule has 1 unspecified atom stereocenters.